The van der Waals surface area contributed by atoms with Crippen LogP contribution in [-0.2, 0) is 9.59 Å². The van der Waals surface area contributed by atoms with Crippen LogP contribution in [0.1, 0.15) is 60.3 Å². The molecule has 3 nitrogen and oxygen atoms in total. The van der Waals surface area contributed by atoms with Crippen molar-refractivity contribution in [2.45, 2.75) is 65.9 Å². The minimum Gasteiger partial charge on any atom is -0.389 e. The molecule has 1 N–H and O–H groups in total. The van der Waals surface area contributed by atoms with Crippen LogP contribution < -0.4 is 0 Å². The number of carbonyl (C=O) groups is 2. The quantitative estimate of drug-likeness (QED) is 0.750. The summed E-state index contributed by atoms with van der Waals surface area (Å²) < 4.78 is 0. The highest BCUT2D eigenvalue weighted by Gasteiger charge is 2.56. The van der Waals surface area contributed by atoms with Gasteiger partial charge in [0.25, 0.3) is 0 Å². The zero-order chi connectivity index (χ0) is 15.3. The van der Waals surface area contributed by atoms with E-state index < -0.39 is 5.60 Å². The molecule has 2 saturated carbocycles. The number of carbonyl (C=O) groups excluding carboxylic acids is 2. The average molecular weight is 278 g/mol. The Morgan fingerprint density at radius 3 is 2.35 bits per heavy atom. The summed E-state index contributed by atoms with van der Waals surface area (Å²) in [6.07, 6.45) is 2.64. The number of Topliss-reactive ketones (excluding diaryl/α,β-unsaturated/α-hetero) is 2. The van der Waals surface area contributed by atoms with Gasteiger partial charge in [-0.1, -0.05) is 12.5 Å². The van der Waals surface area contributed by atoms with Crippen molar-refractivity contribution in [3.8, 4) is 0 Å². The lowest BCUT2D eigenvalue weighted by Gasteiger charge is -2.55. The lowest BCUT2D eigenvalue weighted by Crippen LogP contribution is -2.57. The second-order valence-corrected chi connectivity index (χ2v) is 7.42. The van der Waals surface area contributed by atoms with Crippen LogP contribution in [0.5, 0.6) is 0 Å². The zero-order valence-electron chi connectivity index (χ0n) is 13.2. The predicted octanol–water partition coefficient (Wildman–Crippen LogP) is 3.06. The molecule has 112 valence electrons. The molecular formula is C17H26O3. The van der Waals surface area contributed by atoms with Gasteiger partial charge in [0.05, 0.1) is 5.60 Å². The van der Waals surface area contributed by atoms with E-state index in [1.165, 1.54) is 0 Å². The Hall–Kier alpha value is -0.960. The van der Waals surface area contributed by atoms with Crippen molar-refractivity contribution in [3.63, 3.8) is 0 Å². The third-order valence-electron chi connectivity index (χ3n) is 5.66. The van der Waals surface area contributed by atoms with Gasteiger partial charge in [0, 0.05) is 12.3 Å². The Morgan fingerprint density at radius 1 is 1.25 bits per heavy atom. The molecule has 0 amide bonds. The maximum Gasteiger partial charge on any atom is 0.159 e. The van der Waals surface area contributed by atoms with Gasteiger partial charge in [0.15, 0.2) is 5.78 Å². The van der Waals surface area contributed by atoms with E-state index in [1.807, 2.05) is 13.8 Å². The zero-order valence-corrected chi connectivity index (χ0v) is 13.2. The Balaban J connectivity index is 2.43. The van der Waals surface area contributed by atoms with E-state index in [0.29, 0.717) is 19.3 Å². The van der Waals surface area contributed by atoms with Crippen LogP contribution >= 0.6 is 0 Å². The lowest BCUT2D eigenvalue weighted by molar-refractivity contribution is -0.162. The lowest BCUT2D eigenvalue weighted by atomic mass is 9.51. The van der Waals surface area contributed by atoms with Gasteiger partial charge in [-0.3, -0.25) is 9.59 Å². The van der Waals surface area contributed by atoms with Gasteiger partial charge in [-0.15, -0.1) is 0 Å². The number of ketones is 2. The van der Waals surface area contributed by atoms with Crippen LogP contribution in [0.25, 0.3) is 0 Å². The summed E-state index contributed by atoms with van der Waals surface area (Å²) in [4.78, 5) is 24.1. The van der Waals surface area contributed by atoms with Crippen molar-refractivity contribution < 1.29 is 14.7 Å². The molecule has 0 aromatic carbocycles. The molecule has 0 aliphatic heterocycles. The van der Waals surface area contributed by atoms with Gasteiger partial charge in [0.2, 0.25) is 0 Å². The predicted molar refractivity (Wildman–Crippen MR) is 78.2 cm³/mol. The highest BCUT2D eigenvalue weighted by Crippen LogP contribution is 2.56. The fourth-order valence-corrected chi connectivity index (χ4v) is 4.44. The first-order valence-electron chi connectivity index (χ1n) is 7.52. The molecule has 0 aromatic rings. The average Bonchev–Trinajstić information content (AvgIpc) is 2.25. The topological polar surface area (TPSA) is 54.4 Å². The standard InChI is InChI=1S/C17H26O3/c1-10(2)12-8-15-16(4,9-14(12)19)7-6-13(11(3)18)17(15,5)20/h13,15,20H,6-9H2,1-5H3/t13-,15+,16+,17+/m0/s1. The monoisotopic (exact) mass is 278 g/mol. The molecule has 2 fully saturated rings. The Kier molecular flexibility index (Phi) is 3.70. The van der Waals surface area contributed by atoms with Crippen molar-refractivity contribution >= 4 is 11.6 Å². The molecule has 3 heteroatoms. The van der Waals surface area contributed by atoms with Gasteiger partial charge in [-0.2, -0.15) is 0 Å². The first kappa shape index (κ1) is 15.4. The fraction of sp³-hybridized carbons (Fsp3) is 0.765. The van der Waals surface area contributed by atoms with Crippen LogP contribution in [0.15, 0.2) is 11.1 Å². The van der Waals surface area contributed by atoms with Crippen molar-refractivity contribution in [2.24, 2.45) is 17.3 Å². The Morgan fingerprint density at radius 2 is 1.85 bits per heavy atom. The van der Waals surface area contributed by atoms with Crippen LogP contribution in [0.4, 0.5) is 0 Å². The molecule has 2 aliphatic rings. The van der Waals surface area contributed by atoms with Crippen LogP contribution in [0.3, 0.4) is 0 Å². The number of rotatable bonds is 1. The Bertz CT molecular complexity index is 482. The third-order valence-corrected chi connectivity index (χ3v) is 5.66. The summed E-state index contributed by atoms with van der Waals surface area (Å²) in [7, 11) is 0. The van der Waals surface area contributed by atoms with E-state index >= 15 is 0 Å². The normalized spacial score (nSPS) is 41.3. The highest BCUT2D eigenvalue weighted by atomic mass is 16.3. The molecule has 20 heavy (non-hydrogen) atoms. The molecular weight excluding hydrogens is 252 g/mol. The van der Waals surface area contributed by atoms with Gasteiger partial charge >= 0.3 is 0 Å². The van der Waals surface area contributed by atoms with Gasteiger partial charge in [-0.05, 0) is 63.9 Å². The largest absolute Gasteiger partial charge is 0.389 e. The maximum atomic E-state index is 12.3. The first-order valence-corrected chi connectivity index (χ1v) is 7.52. The summed E-state index contributed by atoms with van der Waals surface area (Å²) in [5, 5.41) is 11.0. The third kappa shape index (κ3) is 2.26. The molecule has 0 aromatic heterocycles. The van der Waals surface area contributed by atoms with E-state index in [-0.39, 0.29) is 28.8 Å². The summed E-state index contributed by atoms with van der Waals surface area (Å²) in [6, 6.07) is 0. The van der Waals surface area contributed by atoms with Crippen molar-refractivity contribution in [2.75, 3.05) is 0 Å². The number of fused-ring (bicyclic) bond motifs is 1. The van der Waals surface area contributed by atoms with Gasteiger partial charge in [-0.25, -0.2) is 0 Å². The number of aliphatic hydroxyl groups is 1. The number of allylic oxidation sites excluding steroid dienone is 2. The molecule has 0 bridgehead atoms. The SMILES string of the molecule is CC(=O)[C@@H]1CC[C@]2(C)CC(=O)C(=C(C)C)C[C@H]2[C@]1(C)O. The molecule has 4 atom stereocenters. The maximum absolute atomic E-state index is 12.3. The molecule has 0 unspecified atom stereocenters. The summed E-state index contributed by atoms with van der Waals surface area (Å²) >= 11 is 0. The second-order valence-electron chi connectivity index (χ2n) is 7.42. The molecule has 0 saturated heterocycles. The summed E-state index contributed by atoms with van der Waals surface area (Å²) in [5.41, 5.74) is 0.709. The minimum absolute atomic E-state index is 0.0137. The van der Waals surface area contributed by atoms with Crippen molar-refractivity contribution in [1.82, 2.24) is 0 Å². The van der Waals surface area contributed by atoms with Crippen LogP contribution in [0.2, 0.25) is 0 Å². The molecule has 0 radical (unpaired) electrons. The Labute approximate surface area is 121 Å². The minimum atomic E-state index is -1.01. The van der Waals surface area contributed by atoms with E-state index in [4.69, 9.17) is 0 Å². The number of hydrogen-bond donors (Lipinski definition) is 1. The van der Waals surface area contributed by atoms with Gasteiger partial charge < -0.3 is 5.11 Å². The molecule has 0 heterocycles. The smallest absolute Gasteiger partial charge is 0.159 e. The molecule has 2 rings (SSSR count). The fourth-order valence-electron chi connectivity index (χ4n) is 4.44. The van der Waals surface area contributed by atoms with Gasteiger partial charge in [0.1, 0.15) is 5.78 Å². The first-order chi connectivity index (χ1) is 9.09. The van der Waals surface area contributed by atoms with E-state index in [0.717, 1.165) is 17.6 Å². The van der Waals surface area contributed by atoms with Crippen molar-refractivity contribution in [1.29, 1.82) is 0 Å². The van der Waals surface area contributed by atoms with Crippen LogP contribution in [-0.4, -0.2) is 22.3 Å². The van der Waals surface area contributed by atoms with Crippen LogP contribution in [0, 0.1) is 17.3 Å². The van der Waals surface area contributed by atoms with E-state index in [1.54, 1.807) is 13.8 Å². The summed E-state index contributed by atoms with van der Waals surface area (Å²) in [5.74, 6) is -0.0269. The van der Waals surface area contributed by atoms with E-state index in [9.17, 15) is 14.7 Å². The van der Waals surface area contributed by atoms with Crippen molar-refractivity contribution in [3.05, 3.63) is 11.1 Å². The van der Waals surface area contributed by atoms with E-state index in [2.05, 4.69) is 6.92 Å². The highest BCUT2D eigenvalue weighted by molar-refractivity contribution is 5.97. The second kappa shape index (κ2) is 4.80. The number of hydrogen-bond acceptors (Lipinski definition) is 3. The summed E-state index contributed by atoms with van der Waals surface area (Å²) in [6.45, 7) is 9.37. The molecule has 0 spiro atoms. The molecule has 2 aliphatic carbocycles.